The molecule has 0 saturated heterocycles. The minimum Gasteiger partial charge on any atom is -0.324 e. The first-order valence-electron chi connectivity index (χ1n) is 7.96. The fourth-order valence-electron chi connectivity index (χ4n) is 2.79. The molecule has 0 saturated carbocycles. The first-order valence-corrected chi connectivity index (χ1v) is 7.96. The lowest BCUT2D eigenvalue weighted by molar-refractivity contribution is 0.628. The molecule has 0 aliphatic carbocycles. The van der Waals surface area contributed by atoms with Crippen LogP contribution in [0.25, 0.3) is 22.6 Å². The van der Waals surface area contributed by atoms with E-state index in [-0.39, 0.29) is 11.4 Å². The van der Waals surface area contributed by atoms with Crippen LogP contribution >= 0.6 is 0 Å². The molecule has 0 bridgehead atoms. The highest BCUT2D eigenvalue weighted by atomic mass is 19.1. The van der Waals surface area contributed by atoms with Crippen LogP contribution in [-0.2, 0) is 13.0 Å². The van der Waals surface area contributed by atoms with E-state index in [1.54, 1.807) is 18.5 Å². The maximum absolute atomic E-state index is 13.1. The number of benzene rings is 2. The molecule has 1 N–H and O–H groups in total. The number of nitrogens with one attached hydrogen (secondary N) is 1. The number of nitrogens with zero attached hydrogens (tertiary/aromatic N) is 3. The minimum atomic E-state index is -0.336. The molecule has 0 spiro atoms. The van der Waals surface area contributed by atoms with Gasteiger partial charge in [0.2, 0.25) is 0 Å². The van der Waals surface area contributed by atoms with E-state index in [1.165, 1.54) is 17.7 Å². The van der Waals surface area contributed by atoms with Crippen LogP contribution in [0.1, 0.15) is 5.56 Å². The average Bonchev–Trinajstić information content (AvgIpc) is 3.05. The second kappa shape index (κ2) is 6.32. The molecule has 0 aliphatic heterocycles. The lowest BCUT2D eigenvalue weighted by Crippen LogP contribution is -2.14. The highest BCUT2D eigenvalue weighted by Gasteiger charge is 2.11. The van der Waals surface area contributed by atoms with Crippen LogP contribution in [0, 0.1) is 5.82 Å². The molecule has 4 rings (SSSR count). The van der Waals surface area contributed by atoms with E-state index < -0.39 is 0 Å². The molecule has 5 nitrogen and oxygen atoms in total. The number of aromatic nitrogens is 4. The van der Waals surface area contributed by atoms with Crippen molar-refractivity contribution < 1.29 is 4.39 Å². The standard InChI is InChI=1S/C19H15FN4O/c20-15-8-6-14(7-9-15)17-22-18-16(19(25)23-17)24(12-21-18)11-10-13-4-2-1-3-5-13/h1-9,12H,10-11H2,(H,22,23,25). The van der Waals surface area contributed by atoms with Crippen LogP contribution in [0.3, 0.4) is 0 Å². The summed E-state index contributed by atoms with van der Waals surface area (Å²) in [5.74, 6) is 0.0446. The molecule has 4 aromatic rings. The van der Waals surface area contributed by atoms with Gasteiger partial charge < -0.3 is 9.55 Å². The summed E-state index contributed by atoms with van der Waals surface area (Å²) in [4.78, 5) is 23.9. The Morgan fingerprint density at radius 1 is 1.04 bits per heavy atom. The number of halogens is 1. The summed E-state index contributed by atoms with van der Waals surface area (Å²) in [6.45, 7) is 0.640. The summed E-state index contributed by atoms with van der Waals surface area (Å²) >= 11 is 0. The number of rotatable bonds is 4. The Bertz CT molecular complexity index is 1070. The molecular weight excluding hydrogens is 319 g/mol. The van der Waals surface area contributed by atoms with Gasteiger partial charge in [-0.05, 0) is 36.2 Å². The Kier molecular flexibility index (Phi) is 3.85. The summed E-state index contributed by atoms with van der Waals surface area (Å²) in [7, 11) is 0. The zero-order chi connectivity index (χ0) is 17.2. The number of fused-ring (bicyclic) bond motifs is 1. The number of aromatic amines is 1. The fourth-order valence-corrected chi connectivity index (χ4v) is 2.79. The maximum Gasteiger partial charge on any atom is 0.277 e. The predicted molar refractivity (Wildman–Crippen MR) is 93.7 cm³/mol. The number of imidazole rings is 1. The first kappa shape index (κ1) is 15.3. The second-order valence-corrected chi connectivity index (χ2v) is 5.77. The van der Waals surface area contributed by atoms with E-state index >= 15 is 0 Å². The molecular formula is C19H15FN4O. The highest BCUT2D eigenvalue weighted by molar-refractivity contribution is 5.72. The summed E-state index contributed by atoms with van der Waals surface area (Å²) in [5, 5.41) is 0. The van der Waals surface area contributed by atoms with Crippen LogP contribution in [0.15, 0.2) is 65.7 Å². The number of H-pyrrole nitrogens is 1. The molecule has 2 aromatic carbocycles. The Morgan fingerprint density at radius 3 is 2.56 bits per heavy atom. The van der Waals surface area contributed by atoms with Crippen LogP contribution in [-0.4, -0.2) is 19.5 Å². The van der Waals surface area contributed by atoms with Gasteiger partial charge in [-0.2, -0.15) is 0 Å². The lowest BCUT2D eigenvalue weighted by atomic mass is 10.1. The van der Waals surface area contributed by atoms with E-state index in [2.05, 4.69) is 15.0 Å². The van der Waals surface area contributed by atoms with E-state index in [0.717, 1.165) is 6.42 Å². The van der Waals surface area contributed by atoms with Gasteiger partial charge in [-0.3, -0.25) is 4.79 Å². The smallest absolute Gasteiger partial charge is 0.277 e. The van der Waals surface area contributed by atoms with E-state index in [0.29, 0.717) is 29.1 Å². The molecule has 0 fully saturated rings. The SMILES string of the molecule is O=c1[nH]c(-c2ccc(F)cc2)nc2ncn(CCc3ccccc3)c12. The Balaban J connectivity index is 1.67. The van der Waals surface area contributed by atoms with Gasteiger partial charge in [0.05, 0.1) is 6.33 Å². The van der Waals surface area contributed by atoms with Gasteiger partial charge in [0.25, 0.3) is 5.56 Å². The van der Waals surface area contributed by atoms with Crippen molar-refractivity contribution >= 4 is 11.2 Å². The molecule has 0 aliphatic rings. The maximum atomic E-state index is 13.1. The average molecular weight is 334 g/mol. The summed E-state index contributed by atoms with van der Waals surface area (Å²) in [6, 6.07) is 15.9. The van der Waals surface area contributed by atoms with Gasteiger partial charge in [0.15, 0.2) is 11.2 Å². The second-order valence-electron chi connectivity index (χ2n) is 5.77. The third-order valence-corrected chi connectivity index (χ3v) is 4.09. The normalized spacial score (nSPS) is 11.1. The molecule has 25 heavy (non-hydrogen) atoms. The molecule has 0 atom stereocenters. The van der Waals surface area contributed by atoms with Crippen LogP contribution in [0.5, 0.6) is 0 Å². The van der Waals surface area contributed by atoms with Crippen molar-refractivity contribution in [3.8, 4) is 11.4 Å². The van der Waals surface area contributed by atoms with Crippen molar-refractivity contribution in [1.29, 1.82) is 0 Å². The minimum absolute atomic E-state index is 0.255. The highest BCUT2D eigenvalue weighted by Crippen LogP contribution is 2.16. The van der Waals surface area contributed by atoms with Crippen LogP contribution in [0.2, 0.25) is 0 Å². The number of hydrogen-bond donors (Lipinski definition) is 1. The molecule has 2 heterocycles. The molecule has 124 valence electrons. The molecule has 2 aromatic heterocycles. The Morgan fingerprint density at radius 2 is 1.80 bits per heavy atom. The van der Waals surface area contributed by atoms with Crippen molar-refractivity contribution in [2.75, 3.05) is 0 Å². The number of aryl methyl sites for hydroxylation is 2. The zero-order valence-corrected chi connectivity index (χ0v) is 13.3. The van der Waals surface area contributed by atoms with Gasteiger partial charge in [-0.1, -0.05) is 30.3 Å². The molecule has 0 radical (unpaired) electrons. The van der Waals surface area contributed by atoms with Crippen molar-refractivity contribution in [2.45, 2.75) is 13.0 Å². The summed E-state index contributed by atoms with van der Waals surface area (Å²) in [5.41, 5.74) is 2.41. The largest absolute Gasteiger partial charge is 0.324 e. The fraction of sp³-hybridized carbons (Fsp3) is 0.105. The molecule has 0 unspecified atom stereocenters. The van der Waals surface area contributed by atoms with Crippen LogP contribution < -0.4 is 5.56 Å². The summed E-state index contributed by atoms with van der Waals surface area (Å²) in [6.07, 6.45) is 2.43. The van der Waals surface area contributed by atoms with Gasteiger partial charge >= 0.3 is 0 Å². The summed E-state index contributed by atoms with van der Waals surface area (Å²) < 4.78 is 14.9. The monoisotopic (exact) mass is 334 g/mol. The molecule has 0 amide bonds. The number of hydrogen-bond acceptors (Lipinski definition) is 3. The zero-order valence-electron chi connectivity index (χ0n) is 13.3. The Hall–Kier alpha value is -3.28. The van der Waals surface area contributed by atoms with Crippen molar-refractivity contribution in [2.24, 2.45) is 0 Å². The van der Waals surface area contributed by atoms with Crippen LogP contribution in [0.4, 0.5) is 4.39 Å². The van der Waals surface area contributed by atoms with Gasteiger partial charge in [0.1, 0.15) is 11.6 Å². The quantitative estimate of drug-likeness (QED) is 0.623. The topological polar surface area (TPSA) is 63.6 Å². The van der Waals surface area contributed by atoms with E-state index in [1.807, 2.05) is 34.9 Å². The van der Waals surface area contributed by atoms with Crippen molar-refractivity contribution in [3.05, 3.63) is 82.7 Å². The van der Waals surface area contributed by atoms with Crippen molar-refractivity contribution in [3.63, 3.8) is 0 Å². The molecule has 6 heteroatoms. The third-order valence-electron chi connectivity index (χ3n) is 4.09. The van der Waals surface area contributed by atoms with Gasteiger partial charge in [-0.25, -0.2) is 14.4 Å². The first-order chi connectivity index (χ1) is 12.2. The van der Waals surface area contributed by atoms with Gasteiger partial charge in [-0.15, -0.1) is 0 Å². The van der Waals surface area contributed by atoms with Crippen molar-refractivity contribution in [1.82, 2.24) is 19.5 Å². The third kappa shape index (κ3) is 3.06. The Labute approximate surface area is 142 Å². The lowest BCUT2D eigenvalue weighted by Gasteiger charge is -2.05. The van der Waals surface area contributed by atoms with Gasteiger partial charge in [0, 0.05) is 12.1 Å². The predicted octanol–water partition coefficient (Wildman–Crippen LogP) is 3.17. The van der Waals surface area contributed by atoms with E-state index in [4.69, 9.17) is 0 Å². The van der Waals surface area contributed by atoms with E-state index in [9.17, 15) is 9.18 Å².